The second-order valence-electron chi connectivity index (χ2n) is 11.3. The molecule has 1 aliphatic heterocycles. The van der Waals surface area contributed by atoms with E-state index in [0.717, 1.165) is 62.3 Å². The van der Waals surface area contributed by atoms with E-state index < -0.39 is 28.9 Å². The summed E-state index contributed by atoms with van der Waals surface area (Å²) in [6.45, 7) is 8.01. The number of benzene rings is 2. The monoisotopic (exact) mass is 558 g/mol. The molecule has 1 fully saturated rings. The molecule has 7 nitrogen and oxygen atoms in total. The summed E-state index contributed by atoms with van der Waals surface area (Å²) in [4.78, 5) is 11.8. The van der Waals surface area contributed by atoms with Gasteiger partial charge in [0.15, 0.2) is 0 Å². The molecule has 1 aromatic heterocycles. The summed E-state index contributed by atoms with van der Waals surface area (Å²) >= 11 is 0. The number of nitrogens with zero attached hydrogens (tertiary/aromatic N) is 3. The molecule has 2 heterocycles. The van der Waals surface area contributed by atoms with Crippen molar-refractivity contribution in [1.29, 1.82) is 0 Å². The highest BCUT2D eigenvalue weighted by molar-refractivity contribution is 5.96. The van der Waals surface area contributed by atoms with Crippen LogP contribution in [0.1, 0.15) is 61.3 Å². The van der Waals surface area contributed by atoms with Gasteiger partial charge in [-0.05, 0) is 70.2 Å². The average Bonchev–Trinajstić information content (AvgIpc) is 3.38. The maximum absolute atomic E-state index is 15.5. The topological polar surface area (TPSA) is 79.7 Å². The number of halogens is 3. The molecule has 3 aromatic rings. The Hall–Kier alpha value is -2.95. The van der Waals surface area contributed by atoms with Crippen LogP contribution in [0.3, 0.4) is 0 Å². The van der Waals surface area contributed by atoms with E-state index in [1.807, 2.05) is 6.92 Å². The van der Waals surface area contributed by atoms with E-state index >= 15 is 4.39 Å². The first kappa shape index (κ1) is 28.6. The molecule has 2 aliphatic rings. The first-order chi connectivity index (χ1) is 18.9. The van der Waals surface area contributed by atoms with Crippen LogP contribution in [0.2, 0.25) is 0 Å². The first-order valence-corrected chi connectivity index (χ1v) is 13.8. The van der Waals surface area contributed by atoms with Crippen molar-refractivity contribution in [3.8, 4) is 0 Å². The third-order valence-corrected chi connectivity index (χ3v) is 7.94. The number of aliphatic hydroxyl groups is 1. The van der Waals surface area contributed by atoms with Crippen molar-refractivity contribution in [1.82, 2.24) is 9.97 Å². The minimum absolute atomic E-state index is 0.0318. The summed E-state index contributed by atoms with van der Waals surface area (Å²) in [5.41, 5.74) is 1.25. The first-order valence-electron chi connectivity index (χ1n) is 13.8. The maximum Gasteiger partial charge on any atom is 0.303 e. The van der Waals surface area contributed by atoms with Crippen molar-refractivity contribution < 1.29 is 27.8 Å². The van der Waals surface area contributed by atoms with Crippen LogP contribution in [0, 0.1) is 12.7 Å². The third-order valence-electron chi connectivity index (χ3n) is 7.94. The van der Waals surface area contributed by atoms with Crippen molar-refractivity contribution in [2.75, 3.05) is 43.6 Å². The molecule has 0 bridgehead atoms. The second-order valence-corrected chi connectivity index (χ2v) is 11.3. The number of methoxy groups -OCH3 is 1. The number of hydrogen-bond acceptors (Lipinski definition) is 7. The summed E-state index contributed by atoms with van der Waals surface area (Å²) in [7, 11) is 1.67. The van der Waals surface area contributed by atoms with Crippen LogP contribution in [0.5, 0.6) is 0 Å². The maximum atomic E-state index is 15.5. The van der Waals surface area contributed by atoms with Gasteiger partial charge in [-0.2, -0.15) is 8.78 Å². The minimum Gasteiger partial charge on any atom is -0.384 e. The predicted octanol–water partition coefficient (Wildman–Crippen LogP) is 5.45. The summed E-state index contributed by atoms with van der Waals surface area (Å²) < 4.78 is 56.6. The van der Waals surface area contributed by atoms with Crippen LogP contribution in [-0.4, -0.2) is 60.2 Å². The smallest absolute Gasteiger partial charge is 0.303 e. The molecule has 0 radical (unpaired) electrons. The summed E-state index contributed by atoms with van der Waals surface area (Å²) in [5, 5.41) is 14.1. The molecule has 0 amide bonds. The standard InChI is InChI=1S/C30H37F3N4O3/c1-17(20-8-7-11-24(26(20)31)30(32,33)29(3,4)38)34-28-23-14-25(37-12-13-40-19(15-37)16-39-5)21-9-6-10-22(21)27(23)35-18(2)36-28/h7-8,11,14,17,19,38H,6,9-10,12-13,15-16H2,1-5H3,(H,34,35,36)/t17?,19-/m1/s1. The molecule has 2 atom stereocenters. The van der Waals surface area contributed by atoms with Gasteiger partial charge < -0.3 is 24.8 Å². The van der Waals surface area contributed by atoms with E-state index in [9.17, 15) is 13.9 Å². The van der Waals surface area contributed by atoms with Gasteiger partial charge >= 0.3 is 5.92 Å². The summed E-state index contributed by atoms with van der Waals surface area (Å²) in [5.74, 6) is -3.74. The van der Waals surface area contributed by atoms with Gasteiger partial charge in [0, 0.05) is 36.8 Å². The number of nitrogens with one attached hydrogen (secondary N) is 1. The number of rotatable bonds is 8. The molecule has 1 unspecified atom stereocenters. The van der Waals surface area contributed by atoms with Crippen LogP contribution < -0.4 is 10.2 Å². The van der Waals surface area contributed by atoms with Gasteiger partial charge in [-0.3, -0.25) is 0 Å². The lowest BCUT2D eigenvalue weighted by Crippen LogP contribution is -2.44. The number of ether oxygens (including phenoxy) is 2. The fourth-order valence-corrected chi connectivity index (χ4v) is 5.82. The fraction of sp³-hybridized carbons (Fsp3) is 0.533. The highest BCUT2D eigenvalue weighted by atomic mass is 19.3. The lowest BCUT2D eigenvalue weighted by atomic mass is 9.91. The molecule has 0 saturated carbocycles. The van der Waals surface area contributed by atoms with Crippen molar-refractivity contribution >= 4 is 22.4 Å². The number of alkyl halides is 2. The number of hydrogen-bond donors (Lipinski definition) is 2. The molecule has 40 heavy (non-hydrogen) atoms. The number of fused-ring (bicyclic) bond motifs is 3. The minimum atomic E-state index is -3.78. The van der Waals surface area contributed by atoms with E-state index in [1.54, 1.807) is 14.0 Å². The highest BCUT2D eigenvalue weighted by Gasteiger charge is 2.49. The van der Waals surface area contributed by atoms with Crippen LogP contribution in [-0.2, 0) is 28.2 Å². The van der Waals surface area contributed by atoms with Gasteiger partial charge in [-0.25, -0.2) is 14.4 Å². The zero-order valence-corrected chi connectivity index (χ0v) is 23.7. The molecule has 2 aromatic carbocycles. The molecular formula is C30H37F3N4O3. The van der Waals surface area contributed by atoms with Crippen molar-refractivity contribution in [2.45, 2.75) is 70.6 Å². The Kier molecular flexibility index (Phi) is 7.71. The zero-order valence-electron chi connectivity index (χ0n) is 23.7. The van der Waals surface area contributed by atoms with Gasteiger partial charge in [0.25, 0.3) is 0 Å². The van der Waals surface area contributed by atoms with Crippen molar-refractivity contribution in [3.63, 3.8) is 0 Å². The Labute approximate surface area is 232 Å². The second kappa shape index (κ2) is 10.8. The number of morpholine rings is 1. The van der Waals surface area contributed by atoms with Gasteiger partial charge in [0.05, 0.1) is 36.4 Å². The third kappa shape index (κ3) is 5.12. The summed E-state index contributed by atoms with van der Waals surface area (Å²) in [6, 6.07) is 5.27. The van der Waals surface area contributed by atoms with Gasteiger partial charge in [-0.15, -0.1) is 0 Å². The number of aromatic nitrogens is 2. The fourth-order valence-electron chi connectivity index (χ4n) is 5.82. The van der Waals surface area contributed by atoms with E-state index in [1.165, 1.54) is 23.3 Å². The Morgan fingerprint density at radius 2 is 1.98 bits per heavy atom. The van der Waals surface area contributed by atoms with E-state index in [4.69, 9.17) is 14.5 Å². The lowest BCUT2D eigenvalue weighted by molar-refractivity contribution is -0.170. The van der Waals surface area contributed by atoms with E-state index in [-0.39, 0.29) is 11.7 Å². The SMILES string of the molecule is COC[C@H]1CN(c2cc3c(NC(C)c4cccc(C(F)(F)C(C)(C)O)c4F)nc(C)nc3c3c2CCC3)CCO1. The Bertz CT molecular complexity index is 1410. The molecule has 1 aliphatic carbocycles. The van der Waals surface area contributed by atoms with Crippen molar-refractivity contribution in [3.05, 3.63) is 58.2 Å². The normalized spacial score (nSPS) is 18.7. The molecule has 1 saturated heterocycles. The van der Waals surface area contributed by atoms with Gasteiger partial charge in [0.2, 0.25) is 0 Å². The summed E-state index contributed by atoms with van der Waals surface area (Å²) in [6.07, 6.45) is 2.86. The van der Waals surface area contributed by atoms with Crippen molar-refractivity contribution in [2.24, 2.45) is 0 Å². The van der Waals surface area contributed by atoms with Crippen LogP contribution >= 0.6 is 0 Å². The molecule has 10 heteroatoms. The molecule has 5 rings (SSSR count). The van der Waals surface area contributed by atoms with Crippen LogP contribution in [0.4, 0.5) is 24.7 Å². The molecular weight excluding hydrogens is 521 g/mol. The number of anilines is 2. The van der Waals surface area contributed by atoms with Crippen LogP contribution in [0.25, 0.3) is 10.9 Å². The lowest BCUT2D eigenvalue weighted by Gasteiger charge is -2.35. The Balaban J connectivity index is 1.56. The van der Waals surface area contributed by atoms with Gasteiger partial charge in [0.1, 0.15) is 23.1 Å². The van der Waals surface area contributed by atoms with E-state index in [0.29, 0.717) is 31.4 Å². The Morgan fingerprint density at radius 1 is 1.23 bits per heavy atom. The molecule has 0 spiro atoms. The average molecular weight is 559 g/mol. The number of aryl methyl sites for hydroxylation is 2. The van der Waals surface area contributed by atoms with Gasteiger partial charge in [-0.1, -0.05) is 12.1 Å². The predicted molar refractivity (Wildman–Crippen MR) is 149 cm³/mol. The van der Waals surface area contributed by atoms with E-state index in [2.05, 4.69) is 21.3 Å². The highest BCUT2D eigenvalue weighted by Crippen LogP contribution is 2.42. The quantitative estimate of drug-likeness (QED) is 0.381. The Morgan fingerprint density at radius 3 is 2.70 bits per heavy atom. The molecule has 216 valence electrons. The largest absolute Gasteiger partial charge is 0.384 e. The molecule has 2 N–H and O–H groups in total. The zero-order chi connectivity index (χ0) is 28.8. The van der Waals surface area contributed by atoms with Crippen LogP contribution in [0.15, 0.2) is 24.3 Å².